The minimum Gasteiger partial charge on any atom is -0.426 e. The van der Waals surface area contributed by atoms with E-state index < -0.39 is 11.9 Å². The third kappa shape index (κ3) is 6.17. The first-order valence-corrected chi connectivity index (χ1v) is 9.39. The summed E-state index contributed by atoms with van der Waals surface area (Å²) in [6.45, 7) is 1.52. The van der Waals surface area contributed by atoms with Crippen molar-refractivity contribution in [1.29, 1.82) is 0 Å². The first-order valence-electron chi connectivity index (χ1n) is 8.65. The molecule has 0 N–H and O–H groups in total. The van der Waals surface area contributed by atoms with E-state index in [2.05, 4.69) is 0 Å². The fourth-order valence-corrected chi connectivity index (χ4v) is 2.97. The Hall–Kier alpha value is -3.16. The topological polar surface area (TPSA) is 61.8 Å². The molecule has 0 bridgehead atoms. The van der Waals surface area contributed by atoms with Gasteiger partial charge in [-0.15, -0.1) is 0 Å². The highest BCUT2D eigenvalue weighted by Crippen LogP contribution is 2.24. The van der Waals surface area contributed by atoms with Gasteiger partial charge in [-0.1, -0.05) is 24.3 Å². The lowest BCUT2D eigenvalue weighted by Gasteiger charge is -2.10. The van der Waals surface area contributed by atoms with Crippen LogP contribution in [0.4, 0.5) is 4.39 Å². The molecule has 0 aliphatic carbocycles. The summed E-state index contributed by atoms with van der Waals surface area (Å²) < 4.78 is 28.9. The molecular formula is C22H17FO5S. The van der Waals surface area contributed by atoms with E-state index in [4.69, 9.17) is 13.7 Å². The summed E-state index contributed by atoms with van der Waals surface area (Å²) >= 11 is 1.13. The van der Waals surface area contributed by atoms with Crippen LogP contribution in [0, 0.1) is 5.82 Å². The monoisotopic (exact) mass is 412 g/mol. The Morgan fingerprint density at radius 3 is 2.45 bits per heavy atom. The van der Waals surface area contributed by atoms with Crippen molar-refractivity contribution >= 4 is 24.0 Å². The van der Waals surface area contributed by atoms with E-state index in [0.717, 1.165) is 22.5 Å². The van der Waals surface area contributed by atoms with Crippen molar-refractivity contribution in [3.8, 4) is 11.5 Å². The molecule has 3 aromatic carbocycles. The molecule has 3 rings (SSSR count). The van der Waals surface area contributed by atoms with Gasteiger partial charge in [0.05, 0.1) is 6.61 Å². The number of rotatable bonds is 7. The summed E-state index contributed by atoms with van der Waals surface area (Å²) in [6.07, 6.45) is 0. The van der Waals surface area contributed by atoms with E-state index >= 15 is 0 Å². The van der Waals surface area contributed by atoms with E-state index in [0.29, 0.717) is 5.75 Å². The molecule has 0 atom stereocenters. The maximum Gasteiger partial charge on any atom is 0.347 e. The third-order valence-corrected chi connectivity index (χ3v) is 4.36. The molecule has 29 heavy (non-hydrogen) atoms. The summed E-state index contributed by atoms with van der Waals surface area (Å²) in [6, 6.07) is 19.2. The van der Waals surface area contributed by atoms with Crippen LogP contribution in [-0.4, -0.2) is 11.9 Å². The van der Waals surface area contributed by atoms with E-state index in [-0.39, 0.29) is 23.7 Å². The molecule has 0 amide bonds. The van der Waals surface area contributed by atoms with E-state index in [1.54, 1.807) is 42.5 Å². The van der Waals surface area contributed by atoms with E-state index in [1.807, 2.05) is 6.07 Å². The van der Waals surface area contributed by atoms with Gasteiger partial charge >= 0.3 is 11.9 Å². The van der Waals surface area contributed by atoms with Gasteiger partial charge in [0, 0.05) is 23.9 Å². The molecule has 0 saturated heterocycles. The Bertz CT molecular complexity index is 1000. The minimum atomic E-state index is -0.638. The zero-order chi connectivity index (χ0) is 20.6. The highest BCUT2D eigenvalue weighted by molar-refractivity contribution is 7.94. The van der Waals surface area contributed by atoms with Crippen LogP contribution in [0.15, 0.2) is 77.7 Å². The van der Waals surface area contributed by atoms with Crippen LogP contribution in [0.3, 0.4) is 0 Å². The Labute approximate surface area is 171 Å². The van der Waals surface area contributed by atoms with Crippen LogP contribution in [0.5, 0.6) is 11.5 Å². The van der Waals surface area contributed by atoms with Crippen molar-refractivity contribution in [2.45, 2.75) is 18.4 Å². The van der Waals surface area contributed by atoms with Crippen molar-refractivity contribution < 1.29 is 27.6 Å². The smallest absolute Gasteiger partial charge is 0.347 e. The van der Waals surface area contributed by atoms with Gasteiger partial charge in [0.2, 0.25) is 0 Å². The summed E-state index contributed by atoms with van der Waals surface area (Å²) in [5.41, 5.74) is 0.939. The molecule has 0 heterocycles. The third-order valence-electron chi connectivity index (χ3n) is 3.66. The second kappa shape index (κ2) is 9.86. The van der Waals surface area contributed by atoms with Gasteiger partial charge in [0.25, 0.3) is 0 Å². The van der Waals surface area contributed by atoms with Crippen LogP contribution in [-0.2, 0) is 15.6 Å². The maximum atomic E-state index is 12.9. The molecule has 0 fully saturated rings. The lowest BCUT2D eigenvalue weighted by molar-refractivity contribution is -0.131. The predicted octanol–water partition coefficient (Wildman–Crippen LogP) is 5.19. The molecule has 0 aliphatic rings. The van der Waals surface area contributed by atoms with Gasteiger partial charge in [0.15, 0.2) is 0 Å². The number of ether oxygens (including phenoxy) is 2. The average Bonchev–Trinajstić information content (AvgIpc) is 2.70. The highest BCUT2D eigenvalue weighted by atomic mass is 32.2. The van der Waals surface area contributed by atoms with Gasteiger partial charge in [-0.25, -0.2) is 9.18 Å². The van der Waals surface area contributed by atoms with Crippen molar-refractivity contribution in [3.05, 3.63) is 89.7 Å². The number of esters is 2. The molecule has 0 aromatic heterocycles. The highest BCUT2D eigenvalue weighted by Gasteiger charge is 2.16. The number of para-hydroxylation sites is 1. The summed E-state index contributed by atoms with van der Waals surface area (Å²) in [4.78, 5) is 24.5. The second-order valence-electron chi connectivity index (χ2n) is 5.93. The first-order chi connectivity index (χ1) is 14.0. The van der Waals surface area contributed by atoms with Crippen molar-refractivity contribution in [2.24, 2.45) is 0 Å². The largest absolute Gasteiger partial charge is 0.426 e. The van der Waals surface area contributed by atoms with Gasteiger partial charge in [-0.05, 0) is 54.1 Å². The lowest BCUT2D eigenvalue weighted by atomic mass is 10.2. The number of carbonyl (C=O) groups is 2. The zero-order valence-electron chi connectivity index (χ0n) is 15.5. The van der Waals surface area contributed by atoms with E-state index in [1.165, 1.54) is 31.2 Å². The molecule has 3 aromatic rings. The Morgan fingerprint density at radius 1 is 0.931 bits per heavy atom. The number of halogens is 1. The molecule has 148 valence electrons. The fraction of sp³-hybridized carbons (Fsp3) is 0.0909. The fourth-order valence-electron chi connectivity index (χ4n) is 2.40. The normalized spacial score (nSPS) is 10.4. The zero-order valence-corrected chi connectivity index (χ0v) is 16.3. The summed E-state index contributed by atoms with van der Waals surface area (Å²) in [7, 11) is 0. The number of carbonyl (C=O) groups excluding carboxylic acids is 2. The molecule has 5 nitrogen and oxygen atoms in total. The van der Waals surface area contributed by atoms with Gasteiger partial charge in [0.1, 0.15) is 22.9 Å². The van der Waals surface area contributed by atoms with Crippen LogP contribution in [0.1, 0.15) is 22.8 Å². The Balaban J connectivity index is 1.61. The Kier molecular flexibility index (Phi) is 6.99. The number of hydrogen-bond acceptors (Lipinski definition) is 6. The number of benzene rings is 3. The van der Waals surface area contributed by atoms with Crippen molar-refractivity contribution in [2.75, 3.05) is 0 Å². The maximum absolute atomic E-state index is 12.9. The van der Waals surface area contributed by atoms with Crippen molar-refractivity contribution in [1.82, 2.24) is 0 Å². The molecule has 7 heteroatoms. The van der Waals surface area contributed by atoms with Crippen molar-refractivity contribution in [3.63, 3.8) is 0 Å². The summed E-state index contributed by atoms with van der Waals surface area (Å²) in [5, 5.41) is 0. The molecule has 0 saturated carbocycles. The van der Waals surface area contributed by atoms with Gasteiger partial charge < -0.3 is 13.7 Å². The van der Waals surface area contributed by atoms with Crippen LogP contribution in [0.25, 0.3) is 0 Å². The molecule has 0 unspecified atom stereocenters. The SMILES string of the molecule is CC(=O)Oc1ccccc1C(=O)Oc1cccc(COSc2ccc(F)cc2)c1. The minimum absolute atomic E-state index is 0.139. The van der Waals surface area contributed by atoms with Crippen LogP contribution in [0.2, 0.25) is 0 Å². The first kappa shape index (κ1) is 20.6. The molecule has 0 radical (unpaired) electrons. The quantitative estimate of drug-likeness (QED) is 0.302. The second-order valence-corrected chi connectivity index (χ2v) is 6.80. The van der Waals surface area contributed by atoms with E-state index in [9.17, 15) is 14.0 Å². The molecular weight excluding hydrogens is 395 g/mol. The predicted molar refractivity (Wildman–Crippen MR) is 106 cm³/mol. The van der Waals surface area contributed by atoms with Crippen LogP contribution >= 0.6 is 12.0 Å². The molecule has 0 spiro atoms. The molecule has 0 aliphatic heterocycles. The Morgan fingerprint density at radius 2 is 1.69 bits per heavy atom. The van der Waals surface area contributed by atoms with Crippen LogP contribution < -0.4 is 9.47 Å². The standard InChI is InChI=1S/C22H17FO5S/c1-15(24)27-21-8-3-2-7-20(21)22(25)28-18-6-4-5-16(13-18)14-26-29-19-11-9-17(23)10-12-19/h2-13H,14H2,1H3. The van der Waals surface area contributed by atoms with Gasteiger partial charge in [-0.3, -0.25) is 4.79 Å². The van der Waals surface area contributed by atoms with Gasteiger partial charge in [-0.2, -0.15) is 0 Å². The number of hydrogen-bond donors (Lipinski definition) is 0. The average molecular weight is 412 g/mol. The summed E-state index contributed by atoms with van der Waals surface area (Å²) in [5.74, 6) is -0.997. The lowest BCUT2D eigenvalue weighted by Crippen LogP contribution is -2.12.